The van der Waals surface area contributed by atoms with Gasteiger partial charge in [0.25, 0.3) is 5.91 Å². The third-order valence-electron chi connectivity index (χ3n) is 5.44. The summed E-state index contributed by atoms with van der Waals surface area (Å²) in [6, 6.07) is 16.4. The van der Waals surface area contributed by atoms with E-state index in [1.807, 2.05) is 45.0 Å². The van der Waals surface area contributed by atoms with E-state index >= 15 is 0 Å². The molecule has 0 unspecified atom stereocenters. The quantitative estimate of drug-likeness (QED) is 0.421. The maximum absolute atomic E-state index is 13.7. The molecule has 0 bridgehead atoms. The highest BCUT2D eigenvalue weighted by atomic mass is 35.5. The number of halogens is 1. The number of benzene rings is 2. The Bertz CT molecular complexity index is 1180. The molecule has 0 aliphatic heterocycles. The maximum atomic E-state index is 13.7. The van der Waals surface area contributed by atoms with E-state index in [0.29, 0.717) is 22.2 Å². The highest BCUT2D eigenvalue weighted by Crippen LogP contribution is 2.30. The summed E-state index contributed by atoms with van der Waals surface area (Å²) in [6.45, 7) is 9.46. The van der Waals surface area contributed by atoms with Gasteiger partial charge in [-0.3, -0.25) is 19.3 Å². The van der Waals surface area contributed by atoms with Crippen LogP contribution in [0.4, 0.5) is 5.69 Å². The first-order valence-corrected chi connectivity index (χ1v) is 12.2. The third kappa shape index (κ3) is 6.98. The van der Waals surface area contributed by atoms with Crippen LogP contribution in [-0.4, -0.2) is 29.8 Å². The minimum atomic E-state index is -0.986. The number of anilines is 1. The molecular formula is C28H32ClN3O4. The normalized spacial score (nSPS) is 12.2. The second-order valence-corrected chi connectivity index (χ2v) is 10.3. The molecule has 1 atom stereocenters. The molecule has 3 amide bonds. The third-order valence-corrected chi connectivity index (χ3v) is 5.69. The molecule has 7 nitrogen and oxygen atoms in total. The minimum absolute atomic E-state index is 0.0899. The standard InChI is InChI=1S/C28H32ClN3O4/c1-18(2)19-8-10-20(11-9-19)25(27(35)31-28(3,4)5)32(22-14-12-21(29)13-15-22)24(33)17-30-26(34)23-7-6-16-36-23/h6-16,18,25H,17H2,1-5H3,(H,30,34)(H,31,35)/t25-/m1/s1. The molecule has 0 radical (unpaired) electrons. The molecule has 2 N–H and O–H groups in total. The molecule has 0 saturated carbocycles. The zero-order valence-corrected chi connectivity index (χ0v) is 21.9. The van der Waals surface area contributed by atoms with E-state index in [0.717, 1.165) is 5.56 Å². The number of nitrogens with one attached hydrogen (secondary N) is 2. The van der Waals surface area contributed by atoms with Gasteiger partial charge in [0, 0.05) is 16.2 Å². The van der Waals surface area contributed by atoms with Crippen molar-refractivity contribution in [3.63, 3.8) is 0 Å². The van der Waals surface area contributed by atoms with E-state index in [1.54, 1.807) is 30.3 Å². The number of hydrogen-bond donors (Lipinski definition) is 2. The Hall–Kier alpha value is -3.58. The number of carbonyl (C=O) groups is 3. The molecule has 1 heterocycles. The zero-order chi connectivity index (χ0) is 26.5. The van der Waals surface area contributed by atoms with Crippen LogP contribution in [0.3, 0.4) is 0 Å². The lowest BCUT2D eigenvalue weighted by atomic mass is 9.96. The molecule has 36 heavy (non-hydrogen) atoms. The molecule has 3 aromatic rings. The average Bonchev–Trinajstić information content (AvgIpc) is 3.35. The second-order valence-electron chi connectivity index (χ2n) is 9.86. The first kappa shape index (κ1) is 27.0. The van der Waals surface area contributed by atoms with Crippen molar-refractivity contribution in [2.24, 2.45) is 0 Å². The Morgan fingerprint density at radius 3 is 2.08 bits per heavy atom. The summed E-state index contributed by atoms with van der Waals surface area (Å²) in [5.41, 5.74) is 1.69. The highest BCUT2D eigenvalue weighted by Gasteiger charge is 2.34. The van der Waals surface area contributed by atoms with Gasteiger partial charge in [0.15, 0.2) is 5.76 Å². The van der Waals surface area contributed by atoms with Crippen LogP contribution >= 0.6 is 11.6 Å². The predicted molar refractivity (Wildman–Crippen MR) is 141 cm³/mol. The van der Waals surface area contributed by atoms with Crippen LogP contribution in [0, 0.1) is 0 Å². The molecule has 0 aliphatic carbocycles. The van der Waals surface area contributed by atoms with E-state index in [2.05, 4.69) is 24.5 Å². The van der Waals surface area contributed by atoms with Crippen molar-refractivity contribution < 1.29 is 18.8 Å². The summed E-state index contributed by atoms with van der Waals surface area (Å²) in [7, 11) is 0. The Balaban J connectivity index is 2.03. The first-order valence-electron chi connectivity index (χ1n) is 11.8. The van der Waals surface area contributed by atoms with Crippen LogP contribution < -0.4 is 15.5 Å². The van der Waals surface area contributed by atoms with E-state index in [4.69, 9.17) is 16.0 Å². The predicted octanol–water partition coefficient (Wildman–Crippen LogP) is 5.48. The number of hydrogen-bond acceptors (Lipinski definition) is 4. The Morgan fingerprint density at radius 2 is 1.56 bits per heavy atom. The summed E-state index contributed by atoms with van der Waals surface area (Å²) < 4.78 is 5.11. The molecule has 3 rings (SSSR count). The summed E-state index contributed by atoms with van der Waals surface area (Å²) in [4.78, 5) is 41.1. The van der Waals surface area contributed by atoms with E-state index in [1.165, 1.54) is 17.2 Å². The molecular weight excluding hydrogens is 478 g/mol. The average molecular weight is 510 g/mol. The summed E-state index contributed by atoms with van der Waals surface area (Å²) in [5, 5.41) is 6.07. The summed E-state index contributed by atoms with van der Waals surface area (Å²) >= 11 is 6.10. The van der Waals surface area contributed by atoms with Crippen LogP contribution in [-0.2, 0) is 9.59 Å². The van der Waals surface area contributed by atoms with Gasteiger partial charge in [-0.25, -0.2) is 0 Å². The van der Waals surface area contributed by atoms with Crippen molar-refractivity contribution in [3.05, 3.63) is 88.8 Å². The number of nitrogens with zero attached hydrogens (tertiary/aromatic N) is 1. The molecule has 0 saturated heterocycles. The van der Waals surface area contributed by atoms with Crippen LogP contribution in [0.5, 0.6) is 0 Å². The Labute approximate surface area is 216 Å². The lowest BCUT2D eigenvalue weighted by Gasteiger charge is -2.34. The number of carbonyl (C=O) groups excluding carboxylic acids is 3. The smallest absolute Gasteiger partial charge is 0.287 e. The minimum Gasteiger partial charge on any atom is -0.459 e. The van der Waals surface area contributed by atoms with Gasteiger partial charge in [-0.2, -0.15) is 0 Å². The van der Waals surface area contributed by atoms with Gasteiger partial charge in [-0.05, 0) is 74.2 Å². The second kappa shape index (κ2) is 11.4. The van der Waals surface area contributed by atoms with Crippen molar-refractivity contribution in [3.8, 4) is 0 Å². The van der Waals surface area contributed by atoms with Gasteiger partial charge < -0.3 is 15.1 Å². The summed E-state index contributed by atoms with van der Waals surface area (Å²) in [5.74, 6) is -0.945. The largest absolute Gasteiger partial charge is 0.459 e. The van der Waals surface area contributed by atoms with E-state index < -0.39 is 23.4 Å². The topological polar surface area (TPSA) is 91.7 Å². The van der Waals surface area contributed by atoms with Crippen molar-refractivity contribution >= 4 is 35.0 Å². The van der Waals surface area contributed by atoms with E-state index in [-0.39, 0.29) is 18.2 Å². The van der Waals surface area contributed by atoms with Crippen molar-refractivity contribution in [2.45, 2.75) is 52.1 Å². The number of furan rings is 1. The Morgan fingerprint density at radius 1 is 0.944 bits per heavy atom. The van der Waals surface area contributed by atoms with Crippen LogP contribution in [0.25, 0.3) is 0 Å². The zero-order valence-electron chi connectivity index (χ0n) is 21.2. The van der Waals surface area contributed by atoms with E-state index in [9.17, 15) is 14.4 Å². The molecule has 0 aliphatic rings. The Kier molecular flexibility index (Phi) is 8.58. The number of rotatable bonds is 8. The highest BCUT2D eigenvalue weighted by molar-refractivity contribution is 6.30. The van der Waals surface area contributed by atoms with Gasteiger partial charge in [-0.15, -0.1) is 0 Å². The van der Waals surface area contributed by atoms with Gasteiger partial charge in [0.1, 0.15) is 6.04 Å². The fourth-order valence-electron chi connectivity index (χ4n) is 3.69. The number of amides is 3. The lowest BCUT2D eigenvalue weighted by molar-refractivity contribution is -0.127. The SMILES string of the molecule is CC(C)c1ccc([C@H](C(=O)NC(C)(C)C)N(C(=O)CNC(=O)c2ccco2)c2ccc(Cl)cc2)cc1. The monoisotopic (exact) mass is 509 g/mol. The molecule has 8 heteroatoms. The van der Waals surface area contributed by atoms with Crippen molar-refractivity contribution in [2.75, 3.05) is 11.4 Å². The fourth-order valence-corrected chi connectivity index (χ4v) is 3.82. The van der Waals surface area contributed by atoms with Gasteiger partial charge in [0.2, 0.25) is 11.8 Å². The molecule has 0 spiro atoms. The molecule has 1 aromatic heterocycles. The van der Waals surface area contributed by atoms with Crippen LogP contribution in [0.1, 0.15) is 68.3 Å². The molecule has 190 valence electrons. The first-order chi connectivity index (χ1) is 17.0. The summed E-state index contributed by atoms with van der Waals surface area (Å²) in [6.07, 6.45) is 1.38. The van der Waals surface area contributed by atoms with Crippen LogP contribution in [0.15, 0.2) is 71.3 Å². The van der Waals surface area contributed by atoms with Gasteiger partial charge >= 0.3 is 0 Å². The molecule has 0 fully saturated rings. The maximum Gasteiger partial charge on any atom is 0.287 e. The van der Waals surface area contributed by atoms with Crippen LogP contribution in [0.2, 0.25) is 5.02 Å². The lowest BCUT2D eigenvalue weighted by Crippen LogP contribution is -2.51. The fraction of sp³-hybridized carbons (Fsp3) is 0.321. The van der Waals surface area contributed by atoms with Crippen molar-refractivity contribution in [1.82, 2.24) is 10.6 Å². The van der Waals surface area contributed by atoms with Crippen molar-refractivity contribution in [1.29, 1.82) is 0 Å². The van der Waals surface area contributed by atoms with Gasteiger partial charge in [0.05, 0.1) is 12.8 Å². The molecule has 2 aromatic carbocycles. The van der Waals surface area contributed by atoms with Gasteiger partial charge in [-0.1, -0.05) is 49.7 Å².